The molecule has 0 amide bonds. The van der Waals surface area contributed by atoms with E-state index < -0.39 is 5.54 Å². The lowest BCUT2D eigenvalue weighted by Crippen LogP contribution is -2.43. The molecule has 0 fully saturated rings. The Morgan fingerprint density at radius 2 is 1.89 bits per heavy atom. The van der Waals surface area contributed by atoms with Gasteiger partial charge in [0, 0.05) is 23.3 Å². The molecule has 0 spiro atoms. The summed E-state index contributed by atoms with van der Waals surface area (Å²) in [5, 5.41) is 12.4. The number of hydrogen-bond acceptors (Lipinski definition) is 5. The molecule has 1 aromatic carbocycles. The van der Waals surface area contributed by atoms with Crippen LogP contribution >= 0.6 is 0 Å². The zero-order valence-electron chi connectivity index (χ0n) is 16.9. The van der Waals surface area contributed by atoms with E-state index >= 15 is 0 Å². The van der Waals surface area contributed by atoms with Gasteiger partial charge in [-0.05, 0) is 50.3 Å². The van der Waals surface area contributed by atoms with Crippen molar-refractivity contribution in [3.63, 3.8) is 0 Å². The molecule has 0 saturated heterocycles. The van der Waals surface area contributed by atoms with Gasteiger partial charge < -0.3 is 9.47 Å². The number of esters is 1. The molecule has 0 radical (unpaired) electrons. The van der Waals surface area contributed by atoms with Crippen molar-refractivity contribution in [2.45, 2.75) is 70.3 Å². The molecule has 1 aromatic rings. The predicted octanol–water partition coefficient (Wildman–Crippen LogP) is 4.88. The second-order valence-electron chi connectivity index (χ2n) is 7.30. The first-order chi connectivity index (χ1) is 13.5. The second-order valence-corrected chi connectivity index (χ2v) is 7.30. The minimum absolute atomic E-state index is 0.0440. The first-order valence-electron chi connectivity index (χ1n) is 10.1. The third-order valence-electron chi connectivity index (χ3n) is 5.44. The molecule has 0 bridgehead atoms. The normalized spacial score (nSPS) is 18.7. The van der Waals surface area contributed by atoms with E-state index in [1.54, 1.807) is 14.0 Å². The smallest absolute Gasteiger partial charge is 0.306 e. The van der Waals surface area contributed by atoms with Crippen LogP contribution in [0.5, 0.6) is 5.75 Å². The highest BCUT2D eigenvalue weighted by Crippen LogP contribution is 2.36. The molecule has 6 heteroatoms. The van der Waals surface area contributed by atoms with Crippen molar-refractivity contribution in [1.82, 2.24) is 0 Å². The number of carbonyl (C=O) groups excluding carboxylic acids is 1. The Labute approximate surface area is 167 Å². The molecular formula is C22H31NO5. The molecule has 1 aliphatic carbocycles. The van der Waals surface area contributed by atoms with Crippen LogP contribution in [0.15, 0.2) is 35.9 Å². The van der Waals surface area contributed by atoms with Gasteiger partial charge in [-0.3, -0.25) is 14.9 Å². The van der Waals surface area contributed by atoms with E-state index in [1.165, 1.54) is 0 Å². The second kappa shape index (κ2) is 10.8. The molecule has 1 aliphatic rings. The van der Waals surface area contributed by atoms with Gasteiger partial charge in [0.2, 0.25) is 5.54 Å². The highest BCUT2D eigenvalue weighted by Gasteiger charge is 2.46. The van der Waals surface area contributed by atoms with Crippen LogP contribution in [0.25, 0.3) is 0 Å². The summed E-state index contributed by atoms with van der Waals surface area (Å²) < 4.78 is 10.2. The van der Waals surface area contributed by atoms with Crippen molar-refractivity contribution >= 4 is 5.97 Å². The molecule has 154 valence electrons. The number of hydrogen-bond donors (Lipinski definition) is 0. The molecular weight excluding hydrogens is 358 g/mol. The fourth-order valence-corrected chi connectivity index (χ4v) is 3.87. The van der Waals surface area contributed by atoms with Crippen LogP contribution in [-0.2, 0) is 16.0 Å². The number of methoxy groups -OCH3 is 1. The molecule has 1 unspecified atom stereocenters. The van der Waals surface area contributed by atoms with Gasteiger partial charge in [-0.25, -0.2) is 0 Å². The number of carbonyl (C=O) groups is 1. The summed E-state index contributed by atoms with van der Waals surface area (Å²) in [5.41, 5.74) is 0.445. The summed E-state index contributed by atoms with van der Waals surface area (Å²) in [5.74, 6) is 0.335. The highest BCUT2D eigenvalue weighted by molar-refractivity contribution is 5.69. The van der Waals surface area contributed by atoms with E-state index in [9.17, 15) is 14.9 Å². The van der Waals surface area contributed by atoms with E-state index in [4.69, 9.17) is 9.47 Å². The van der Waals surface area contributed by atoms with E-state index in [-0.39, 0.29) is 36.8 Å². The maximum Gasteiger partial charge on any atom is 0.306 e. The average Bonchev–Trinajstić information content (AvgIpc) is 2.66. The van der Waals surface area contributed by atoms with Gasteiger partial charge >= 0.3 is 5.97 Å². The fourth-order valence-electron chi connectivity index (χ4n) is 3.87. The molecule has 0 N–H and O–H groups in total. The highest BCUT2D eigenvalue weighted by atomic mass is 16.6. The Morgan fingerprint density at radius 1 is 1.18 bits per heavy atom. The van der Waals surface area contributed by atoms with Crippen molar-refractivity contribution in [3.8, 4) is 5.75 Å². The minimum Gasteiger partial charge on any atom is -0.497 e. The Morgan fingerprint density at radius 3 is 2.54 bits per heavy atom. The van der Waals surface area contributed by atoms with Gasteiger partial charge in [-0.1, -0.05) is 31.1 Å². The molecule has 0 saturated carbocycles. The third kappa shape index (κ3) is 5.81. The third-order valence-corrected chi connectivity index (χ3v) is 5.44. The Kier molecular flexibility index (Phi) is 8.48. The Bertz CT molecular complexity index is 683. The van der Waals surface area contributed by atoms with Gasteiger partial charge in [0.25, 0.3) is 0 Å². The summed E-state index contributed by atoms with van der Waals surface area (Å²) in [6.45, 7) is 2.03. The zero-order valence-corrected chi connectivity index (χ0v) is 16.9. The molecule has 2 rings (SSSR count). The lowest BCUT2D eigenvalue weighted by atomic mass is 9.77. The molecule has 0 aromatic heterocycles. The van der Waals surface area contributed by atoms with Gasteiger partial charge in [0.1, 0.15) is 5.75 Å². The van der Waals surface area contributed by atoms with Gasteiger partial charge in [0.05, 0.1) is 20.1 Å². The maximum absolute atomic E-state index is 12.4. The number of rotatable bonds is 9. The lowest BCUT2D eigenvalue weighted by molar-refractivity contribution is -0.559. The van der Waals surface area contributed by atoms with Crippen molar-refractivity contribution < 1.29 is 19.2 Å². The summed E-state index contributed by atoms with van der Waals surface area (Å²) >= 11 is 0. The number of nitro groups is 1. The van der Waals surface area contributed by atoms with Crippen LogP contribution in [-0.4, -0.2) is 30.1 Å². The Hall–Kier alpha value is -2.37. The molecule has 0 heterocycles. The molecule has 0 aliphatic heterocycles. The first kappa shape index (κ1) is 21.9. The number of ether oxygens (including phenoxy) is 2. The standard InChI is InChI=1S/C22H31NO5/c1-3-28-21(24)15-16-22(23(25)26,19-9-7-5-4-6-8-10-19)17-18-11-13-20(27-2)14-12-18/h9,11-14H,3-8,10,15-17H2,1-2H3/b19-9+. The lowest BCUT2D eigenvalue weighted by Gasteiger charge is -2.29. The number of allylic oxidation sites excluding steroid dienone is 1. The SMILES string of the molecule is CCOC(=O)CCC(Cc1ccc(OC)cc1)(/C1=C/CCCCCC1)[N+](=O)[O-]. The topological polar surface area (TPSA) is 78.7 Å². The zero-order chi connectivity index (χ0) is 20.4. The van der Waals surface area contributed by atoms with Gasteiger partial charge in [0.15, 0.2) is 0 Å². The van der Waals surface area contributed by atoms with Crippen LogP contribution in [0.4, 0.5) is 0 Å². The largest absolute Gasteiger partial charge is 0.497 e. The van der Waals surface area contributed by atoms with Gasteiger partial charge in [-0.15, -0.1) is 0 Å². The van der Waals surface area contributed by atoms with Crippen LogP contribution < -0.4 is 4.74 Å². The van der Waals surface area contributed by atoms with E-state index in [1.807, 2.05) is 24.3 Å². The summed E-state index contributed by atoms with van der Waals surface area (Å²) in [6, 6.07) is 7.37. The summed E-state index contributed by atoms with van der Waals surface area (Å²) in [4.78, 5) is 24.2. The molecule has 6 nitrogen and oxygen atoms in total. The maximum atomic E-state index is 12.4. The fraction of sp³-hybridized carbons (Fsp3) is 0.591. The van der Waals surface area contributed by atoms with Crippen LogP contribution in [0, 0.1) is 10.1 Å². The summed E-state index contributed by atoms with van der Waals surface area (Å²) in [7, 11) is 1.59. The van der Waals surface area contributed by atoms with Gasteiger partial charge in [-0.2, -0.15) is 0 Å². The molecule has 28 heavy (non-hydrogen) atoms. The van der Waals surface area contributed by atoms with E-state index in [2.05, 4.69) is 6.08 Å². The van der Waals surface area contributed by atoms with Crippen LogP contribution in [0.1, 0.15) is 63.9 Å². The number of nitrogens with zero attached hydrogens (tertiary/aromatic N) is 1. The van der Waals surface area contributed by atoms with Crippen molar-refractivity contribution in [3.05, 3.63) is 51.6 Å². The predicted molar refractivity (Wildman–Crippen MR) is 108 cm³/mol. The van der Waals surface area contributed by atoms with Crippen LogP contribution in [0.3, 0.4) is 0 Å². The van der Waals surface area contributed by atoms with E-state index in [0.717, 1.165) is 43.2 Å². The van der Waals surface area contributed by atoms with Crippen molar-refractivity contribution in [2.75, 3.05) is 13.7 Å². The van der Waals surface area contributed by atoms with Crippen LogP contribution in [0.2, 0.25) is 0 Å². The average molecular weight is 389 g/mol. The van der Waals surface area contributed by atoms with Crippen molar-refractivity contribution in [2.24, 2.45) is 0 Å². The Balaban J connectivity index is 2.36. The first-order valence-corrected chi connectivity index (χ1v) is 10.1. The van der Waals surface area contributed by atoms with E-state index in [0.29, 0.717) is 12.2 Å². The minimum atomic E-state index is -1.28. The number of benzene rings is 1. The summed E-state index contributed by atoms with van der Waals surface area (Å²) in [6.07, 6.45) is 8.32. The van der Waals surface area contributed by atoms with Crippen molar-refractivity contribution in [1.29, 1.82) is 0 Å². The quantitative estimate of drug-likeness (QED) is 0.260. The monoisotopic (exact) mass is 389 g/mol. The molecule has 1 atom stereocenters.